The Balaban J connectivity index is 3.73. The van der Waals surface area contributed by atoms with Crippen molar-refractivity contribution >= 4 is 17.8 Å². The van der Waals surface area contributed by atoms with Gasteiger partial charge in [0.1, 0.15) is 6.04 Å². The molecule has 1 atom stereocenters. The van der Waals surface area contributed by atoms with E-state index in [2.05, 4.69) is 19.2 Å². The fraction of sp³-hybridized carbons (Fsp3) is 0.897. The van der Waals surface area contributed by atoms with Crippen LogP contribution in [0.15, 0.2) is 0 Å². The molecule has 2 N–H and O–H groups in total. The largest absolute Gasteiger partial charge is 0.480 e. The molecule has 0 aromatic carbocycles. The average molecular weight is 498 g/mol. The van der Waals surface area contributed by atoms with Gasteiger partial charge in [-0.2, -0.15) is 0 Å². The molecule has 35 heavy (non-hydrogen) atoms. The topological polar surface area (TPSA) is 92.7 Å². The molecule has 0 bridgehead atoms. The minimum absolute atomic E-state index is 0.00698. The van der Waals surface area contributed by atoms with E-state index < -0.39 is 12.0 Å². The smallest absolute Gasteiger partial charge is 0.326 e. The molecule has 0 aliphatic rings. The number of hydrogen-bond donors (Lipinski definition) is 2. The highest BCUT2D eigenvalue weighted by atomic mass is 16.5. The standard InChI is InChI=1S/C29H55NO5/c1-3-5-7-9-11-13-15-17-19-21-25-35-28(32)24-23-26(29(33)34)30-27(31)22-20-18-16-14-12-10-8-6-4-2/h26H,3-25H2,1-2H3,(H,30,31)(H,33,34)/t26-/m0/s1. The first-order chi connectivity index (χ1) is 17.0. The first-order valence-corrected chi connectivity index (χ1v) is 14.7. The van der Waals surface area contributed by atoms with Gasteiger partial charge in [0.05, 0.1) is 6.61 Å². The van der Waals surface area contributed by atoms with E-state index in [1.54, 1.807) is 0 Å². The van der Waals surface area contributed by atoms with Crippen LogP contribution in [-0.2, 0) is 19.1 Å². The maximum Gasteiger partial charge on any atom is 0.326 e. The number of esters is 1. The molecule has 0 radical (unpaired) electrons. The number of carbonyl (C=O) groups excluding carboxylic acids is 2. The van der Waals surface area contributed by atoms with E-state index in [0.29, 0.717) is 13.0 Å². The second kappa shape index (κ2) is 25.5. The molecule has 0 heterocycles. The second-order valence-electron chi connectivity index (χ2n) is 9.98. The summed E-state index contributed by atoms with van der Waals surface area (Å²) in [5, 5.41) is 11.9. The van der Waals surface area contributed by atoms with Crippen LogP contribution in [0.4, 0.5) is 0 Å². The van der Waals surface area contributed by atoms with Crippen molar-refractivity contribution in [1.82, 2.24) is 5.32 Å². The molecule has 0 rings (SSSR count). The van der Waals surface area contributed by atoms with Crippen LogP contribution >= 0.6 is 0 Å². The van der Waals surface area contributed by atoms with Gasteiger partial charge in [-0.25, -0.2) is 4.79 Å². The van der Waals surface area contributed by atoms with Crippen molar-refractivity contribution in [3.05, 3.63) is 0 Å². The molecule has 1 amide bonds. The predicted octanol–water partition coefficient (Wildman–Crippen LogP) is 7.72. The molecular formula is C29H55NO5. The number of carboxylic acid groups (broad SMARTS) is 1. The molecule has 6 nitrogen and oxygen atoms in total. The van der Waals surface area contributed by atoms with E-state index in [4.69, 9.17) is 4.74 Å². The quantitative estimate of drug-likeness (QED) is 0.0942. The maximum absolute atomic E-state index is 12.1. The number of amides is 1. The molecular weight excluding hydrogens is 442 g/mol. The van der Waals surface area contributed by atoms with Crippen LogP contribution in [-0.4, -0.2) is 35.6 Å². The zero-order valence-electron chi connectivity index (χ0n) is 22.9. The molecule has 0 aliphatic carbocycles. The Labute approximate surface area is 215 Å². The third-order valence-corrected chi connectivity index (χ3v) is 6.54. The van der Waals surface area contributed by atoms with Gasteiger partial charge in [-0.15, -0.1) is 0 Å². The first kappa shape index (κ1) is 33.4. The lowest BCUT2D eigenvalue weighted by molar-refractivity contribution is -0.145. The number of carbonyl (C=O) groups is 3. The number of carboxylic acids is 1. The van der Waals surface area contributed by atoms with Gasteiger partial charge < -0.3 is 15.2 Å². The summed E-state index contributed by atoms with van der Waals surface area (Å²) in [6.45, 7) is 4.83. The molecule has 0 saturated carbocycles. The second-order valence-corrected chi connectivity index (χ2v) is 9.98. The van der Waals surface area contributed by atoms with Gasteiger partial charge in [-0.3, -0.25) is 9.59 Å². The Hall–Kier alpha value is -1.59. The minimum Gasteiger partial charge on any atom is -0.480 e. The normalized spacial score (nSPS) is 11.8. The molecule has 0 aromatic heterocycles. The predicted molar refractivity (Wildman–Crippen MR) is 143 cm³/mol. The summed E-state index contributed by atoms with van der Waals surface area (Å²) in [6.07, 6.45) is 23.1. The molecule has 206 valence electrons. The molecule has 0 unspecified atom stereocenters. The van der Waals surface area contributed by atoms with Gasteiger partial charge in [-0.05, 0) is 19.3 Å². The lowest BCUT2D eigenvalue weighted by Crippen LogP contribution is -2.41. The van der Waals surface area contributed by atoms with Gasteiger partial charge in [-0.1, -0.05) is 123 Å². The molecule has 0 aliphatic heterocycles. The number of rotatable bonds is 26. The zero-order chi connectivity index (χ0) is 26.0. The summed E-state index contributed by atoms with van der Waals surface area (Å²) < 4.78 is 5.24. The van der Waals surface area contributed by atoms with Crippen molar-refractivity contribution < 1.29 is 24.2 Å². The maximum atomic E-state index is 12.1. The van der Waals surface area contributed by atoms with Crippen molar-refractivity contribution in [3.8, 4) is 0 Å². The van der Waals surface area contributed by atoms with E-state index in [-0.39, 0.29) is 24.7 Å². The minimum atomic E-state index is -1.10. The van der Waals surface area contributed by atoms with E-state index in [9.17, 15) is 19.5 Å². The van der Waals surface area contributed by atoms with Crippen LogP contribution in [0.25, 0.3) is 0 Å². The highest BCUT2D eigenvalue weighted by Crippen LogP contribution is 2.12. The number of nitrogens with one attached hydrogen (secondary N) is 1. The van der Waals surface area contributed by atoms with Crippen LogP contribution in [0.3, 0.4) is 0 Å². The summed E-state index contributed by atoms with van der Waals surface area (Å²) in [5.41, 5.74) is 0. The van der Waals surface area contributed by atoms with Crippen LogP contribution in [0, 0.1) is 0 Å². The summed E-state index contributed by atoms with van der Waals surface area (Å²) in [4.78, 5) is 35.5. The number of unbranched alkanes of at least 4 members (excludes halogenated alkanes) is 17. The first-order valence-electron chi connectivity index (χ1n) is 14.7. The summed E-state index contributed by atoms with van der Waals surface area (Å²) in [6, 6.07) is -1.04. The molecule has 0 aromatic rings. The van der Waals surface area contributed by atoms with Crippen LogP contribution in [0.5, 0.6) is 0 Å². The lowest BCUT2D eigenvalue weighted by Gasteiger charge is -2.14. The Morgan fingerprint density at radius 3 is 1.51 bits per heavy atom. The van der Waals surface area contributed by atoms with Crippen molar-refractivity contribution in [2.75, 3.05) is 6.61 Å². The average Bonchev–Trinajstić information content (AvgIpc) is 2.83. The lowest BCUT2D eigenvalue weighted by atomic mass is 10.1. The van der Waals surface area contributed by atoms with Crippen LogP contribution < -0.4 is 5.32 Å². The molecule has 0 saturated heterocycles. The Morgan fingerprint density at radius 2 is 1.06 bits per heavy atom. The van der Waals surface area contributed by atoms with Gasteiger partial charge in [0, 0.05) is 12.8 Å². The van der Waals surface area contributed by atoms with Crippen LogP contribution in [0.1, 0.15) is 155 Å². The molecule has 0 fully saturated rings. The molecule has 0 spiro atoms. The Kier molecular flexibility index (Phi) is 24.3. The van der Waals surface area contributed by atoms with E-state index in [1.807, 2.05) is 0 Å². The Morgan fingerprint density at radius 1 is 0.629 bits per heavy atom. The van der Waals surface area contributed by atoms with Gasteiger partial charge in [0.25, 0.3) is 0 Å². The zero-order valence-corrected chi connectivity index (χ0v) is 22.9. The summed E-state index contributed by atoms with van der Waals surface area (Å²) >= 11 is 0. The summed E-state index contributed by atoms with van der Waals surface area (Å²) in [5.74, 6) is -1.74. The monoisotopic (exact) mass is 497 g/mol. The van der Waals surface area contributed by atoms with Gasteiger partial charge in [0.2, 0.25) is 5.91 Å². The third kappa shape index (κ3) is 23.9. The summed E-state index contributed by atoms with van der Waals surface area (Å²) in [7, 11) is 0. The van der Waals surface area contributed by atoms with E-state index in [1.165, 1.54) is 83.5 Å². The Bertz CT molecular complexity index is 523. The third-order valence-electron chi connectivity index (χ3n) is 6.54. The van der Waals surface area contributed by atoms with Gasteiger partial charge >= 0.3 is 11.9 Å². The fourth-order valence-corrected chi connectivity index (χ4v) is 4.23. The van der Waals surface area contributed by atoms with Gasteiger partial charge in [0.15, 0.2) is 0 Å². The van der Waals surface area contributed by atoms with E-state index >= 15 is 0 Å². The highest BCUT2D eigenvalue weighted by Gasteiger charge is 2.21. The fourth-order valence-electron chi connectivity index (χ4n) is 4.23. The van der Waals surface area contributed by atoms with Crippen molar-refractivity contribution in [1.29, 1.82) is 0 Å². The van der Waals surface area contributed by atoms with Crippen molar-refractivity contribution in [2.24, 2.45) is 0 Å². The van der Waals surface area contributed by atoms with Crippen molar-refractivity contribution in [2.45, 2.75) is 161 Å². The number of aliphatic carboxylic acids is 1. The number of hydrogen-bond acceptors (Lipinski definition) is 4. The van der Waals surface area contributed by atoms with Crippen LogP contribution in [0.2, 0.25) is 0 Å². The molecule has 6 heteroatoms. The SMILES string of the molecule is CCCCCCCCCCCCOC(=O)CC[C@H](NC(=O)CCCCCCCCCCC)C(=O)O. The highest BCUT2D eigenvalue weighted by molar-refractivity contribution is 5.84. The number of ether oxygens (including phenoxy) is 1. The van der Waals surface area contributed by atoms with Crippen molar-refractivity contribution in [3.63, 3.8) is 0 Å². The van der Waals surface area contributed by atoms with E-state index in [0.717, 1.165) is 38.5 Å².